The molecule has 2 N–H and O–H groups in total. The number of nitrogens with zero attached hydrogens (tertiary/aromatic N) is 4. The van der Waals surface area contributed by atoms with Crippen LogP contribution < -0.4 is 15.5 Å². The van der Waals surface area contributed by atoms with E-state index in [1.807, 2.05) is 25.4 Å². The number of rotatable bonds is 5. The fourth-order valence-electron chi connectivity index (χ4n) is 3.00. The Hall–Kier alpha value is -1.54. The second kappa shape index (κ2) is 9.97. The minimum atomic E-state index is -0.411. The highest BCUT2D eigenvalue weighted by molar-refractivity contribution is 6.32. The molecule has 2 aromatic heterocycles. The van der Waals surface area contributed by atoms with E-state index in [-0.39, 0.29) is 36.8 Å². The fourth-order valence-corrected chi connectivity index (χ4v) is 3.24. The summed E-state index contributed by atoms with van der Waals surface area (Å²) >= 11 is 6.20. The number of nitrogens with one attached hydrogen (secondary N) is 2. The van der Waals surface area contributed by atoms with E-state index >= 15 is 0 Å². The highest BCUT2D eigenvalue weighted by atomic mass is 35.5. The Balaban J connectivity index is 0.00000169. The summed E-state index contributed by atoms with van der Waals surface area (Å²) in [5.41, 5.74) is 0.847. The van der Waals surface area contributed by atoms with Crippen molar-refractivity contribution >= 4 is 48.1 Å². The predicted molar refractivity (Wildman–Crippen MR) is 108 cm³/mol. The first-order valence-corrected chi connectivity index (χ1v) is 8.28. The van der Waals surface area contributed by atoms with Crippen molar-refractivity contribution in [1.29, 1.82) is 0 Å². The normalized spacial score (nSPS) is 17.2. The summed E-state index contributed by atoms with van der Waals surface area (Å²) in [6, 6.07) is 3.30. The summed E-state index contributed by atoms with van der Waals surface area (Å²) < 4.78 is 1.69. The van der Waals surface area contributed by atoms with Crippen molar-refractivity contribution in [2.75, 3.05) is 25.0 Å². The van der Waals surface area contributed by atoms with Crippen LogP contribution in [0, 0.1) is 0 Å². The number of hydrogen-bond donors (Lipinski definition) is 2. The number of carbonyl (C=O) groups excluding carboxylic acids is 1. The van der Waals surface area contributed by atoms with Crippen LogP contribution >= 0.6 is 36.4 Å². The Bertz CT molecular complexity index is 726. The van der Waals surface area contributed by atoms with Gasteiger partial charge in [-0.15, -0.1) is 24.8 Å². The van der Waals surface area contributed by atoms with Crippen LogP contribution in [-0.4, -0.2) is 46.9 Å². The Labute approximate surface area is 170 Å². The van der Waals surface area contributed by atoms with Gasteiger partial charge in [-0.3, -0.25) is 9.48 Å². The molecule has 0 aromatic carbocycles. The molecule has 26 heavy (non-hydrogen) atoms. The number of carbonyl (C=O) groups is 1. The molecule has 7 nitrogen and oxygen atoms in total. The van der Waals surface area contributed by atoms with Crippen LogP contribution in [0.5, 0.6) is 0 Å². The number of amides is 1. The molecule has 2 aromatic rings. The van der Waals surface area contributed by atoms with E-state index < -0.39 is 6.04 Å². The van der Waals surface area contributed by atoms with Crippen LogP contribution in [0.2, 0.25) is 5.02 Å². The Morgan fingerprint density at radius 1 is 1.42 bits per heavy atom. The zero-order valence-corrected chi connectivity index (χ0v) is 16.9. The average molecular weight is 422 g/mol. The van der Waals surface area contributed by atoms with E-state index in [0.717, 1.165) is 24.3 Å². The third-order valence-corrected chi connectivity index (χ3v) is 4.48. The monoisotopic (exact) mass is 420 g/mol. The SMILES string of the molecule is CNC(C(=O)NC1CCN(c2ncccc2Cl)C1)c1cnn(C)c1.Cl.Cl. The summed E-state index contributed by atoms with van der Waals surface area (Å²) in [7, 11) is 3.60. The molecule has 1 fully saturated rings. The summed E-state index contributed by atoms with van der Waals surface area (Å²) in [5.74, 6) is 0.720. The molecule has 1 aliphatic heterocycles. The van der Waals surface area contributed by atoms with Crippen molar-refractivity contribution in [3.63, 3.8) is 0 Å². The lowest BCUT2D eigenvalue weighted by molar-refractivity contribution is -0.123. The number of anilines is 1. The maximum absolute atomic E-state index is 12.6. The molecule has 2 atom stereocenters. The topological polar surface area (TPSA) is 75.1 Å². The standard InChI is InChI=1S/C16H21ClN6O.2ClH/c1-18-14(11-8-20-22(2)9-11)16(24)21-12-5-7-23(10-12)15-13(17)4-3-6-19-15;;/h3-4,6,8-9,12,14,18H,5,7,10H2,1-2H3,(H,21,24);2*1H. The summed E-state index contributed by atoms with van der Waals surface area (Å²) in [4.78, 5) is 19.0. The zero-order chi connectivity index (χ0) is 17.1. The minimum absolute atomic E-state index is 0. The molecule has 0 aliphatic carbocycles. The first-order chi connectivity index (χ1) is 11.6. The lowest BCUT2D eigenvalue weighted by atomic mass is 10.1. The number of halogens is 3. The van der Waals surface area contributed by atoms with E-state index in [2.05, 4.69) is 25.6 Å². The van der Waals surface area contributed by atoms with Gasteiger partial charge in [-0.05, 0) is 25.6 Å². The first-order valence-electron chi connectivity index (χ1n) is 7.90. The second-order valence-corrected chi connectivity index (χ2v) is 6.33. The second-order valence-electron chi connectivity index (χ2n) is 5.92. The van der Waals surface area contributed by atoms with Crippen LogP contribution in [0.4, 0.5) is 5.82 Å². The van der Waals surface area contributed by atoms with E-state index in [1.54, 1.807) is 24.1 Å². The third-order valence-electron chi connectivity index (χ3n) is 4.18. The van der Waals surface area contributed by atoms with Crippen molar-refractivity contribution in [3.05, 3.63) is 41.3 Å². The molecule has 0 radical (unpaired) electrons. The maximum atomic E-state index is 12.6. The number of aryl methyl sites for hydroxylation is 1. The molecule has 0 spiro atoms. The molecule has 0 bridgehead atoms. The van der Waals surface area contributed by atoms with E-state index in [1.165, 1.54) is 0 Å². The molecule has 3 heterocycles. The van der Waals surface area contributed by atoms with Gasteiger partial charge in [-0.2, -0.15) is 5.10 Å². The quantitative estimate of drug-likeness (QED) is 0.772. The van der Waals surface area contributed by atoms with Crippen LogP contribution in [-0.2, 0) is 11.8 Å². The number of aromatic nitrogens is 3. The molecule has 0 saturated carbocycles. The fraction of sp³-hybridized carbons (Fsp3) is 0.438. The first kappa shape index (κ1) is 22.5. The zero-order valence-electron chi connectivity index (χ0n) is 14.6. The molecule has 1 saturated heterocycles. The smallest absolute Gasteiger partial charge is 0.242 e. The van der Waals surface area contributed by atoms with E-state index in [9.17, 15) is 4.79 Å². The summed E-state index contributed by atoms with van der Waals surface area (Å²) in [5, 5.41) is 10.9. The summed E-state index contributed by atoms with van der Waals surface area (Å²) in [6.45, 7) is 1.52. The largest absolute Gasteiger partial charge is 0.353 e. The lowest BCUT2D eigenvalue weighted by Crippen LogP contribution is -2.43. The Morgan fingerprint density at radius 2 is 2.19 bits per heavy atom. The molecule has 2 unspecified atom stereocenters. The number of pyridine rings is 1. The van der Waals surface area contributed by atoms with Gasteiger partial charge in [0.15, 0.2) is 0 Å². The molecule has 1 aliphatic rings. The van der Waals surface area contributed by atoms with Gasteiger partial charge in [-0.25, -0.2) is 4.98 Å². The van der Waals surface area contributed by atoms with E-state index in [0.29, 0.717) is 11.6 Å². The van der Waals surface area contributed by atoms with Gasteiger partial charge < -0.3 is 15.5 Å². The number of likely N-dealkylation sites (N-methyl/N-ethyl adjacent to an activating group) is 1. The van der Waals surface area contributed by atoms with E-state index in [4.69, 9.17) is 11.6 Å². The Kier molecular flexibility index (Phi) is 8.62. The molecule has 3 rings (SSSR count). The van der Waals surface area contributed by atoms with Gasteiger partial charge in [0.2, 0.25) is 5.91 Å². The minimum Gasteiger partial charge on any atom is -0.353 e. The lowest BCUT2D eigenvalue weighted by Gasteiger charge is -2.20. The van der Waals surface area contributed by atoms with Crippen molar-refractivity contribution < 1.29 is 4.79 Å². The predicted octanol–water partition coefficient (Wildman–Crippen LogP) is 1.97. The highest BCUT2D eigenvalue weighted by Gasteiger charge is 2.28. The third kappa shape index (κ3) is 5.01. The van der Waals surface area contributed by atoms with Gasteiger partial charge in [0, 0.05) is 44.1 Å². The number of hydrogen-bond acceptors (Lipinski definition) is 5. The molecular weight excluding hydrogens is 399 g/mol. The van der Waals surface area contributed by atoms with Gasteiger partial charge in [0.1, 0.15) is 11.9 Å². The van der Waals surface area contributed by atoms with Crippen molar-refractivity contribution in [3.8, 4) is 0 Å². The Morgan fingerprint density at radius 3 is 2.81 bits per heavy atom. The summed E-state index contributed by atoms with van der Waals surface area (Å²) in [6.07, 6.45) is 6.14. The molecular formula is C16H23Cl3N6O. The van der Waals surface area contributed by atoms with Gasteiger partial charge in [-0.1, -0.05) is 11.6 Å². The average Bonchev–Trinajstić information content (AvgIpc) is 3.18. The van der Waals surface area contributed by atoms with Gasteiger partial charge >= 0.3 is 0 Å². The van der Waals surface area contributed by atoms with Crippen molar-refractivity contribution in [2.24, 2.45) is 7.05 Å². The van der Waals surface area contributed by atoms with Crippen LogP contribution in [0.25, 0.3) is 0 Å². The molecule has 144 valence electrons. The van der Waals surface area contributed by atoms with Crippen molar-refractivity contribution in [2.45, 2.75) is 18.5 Å². The highest BCUT2D eigenvalue weighted by Crippen LogP contribution is 2.26. The van der Waals surface area contributed by atoms with Gasteiger partial charge in [0.25, 0.3) is 0 Å². The van der Waals surface area contributed by atoms with Crippen LogP contribution in [0.3, 0.4) is 0 Å². The maximum Gasteiger partial charge on any atom is 0.242 e. The van der Waals surface area contributed by atoms with Crippen molar-refractivity contribution in [1.82, 2.24) is 25.4 Å². The molecule has 1 amide bonds. The van der Waals surface area contributed by atoms with Gasteiger partial charge in [0.05, 0.1) is 11.2 Å². The molecule has 10 heteroatoms. The van der Waals surface area contributed by atoms with Crippen LogP contribution in [0.15, 0.2) is 30.7 Å². The van der Waals surface area contributed by atoms with Crippen LogP contribution in [0.1, 0.15) is 18.0 Å².